The van der Waals surface area contributed by atoms with E-state index in [0.29, 0.717) is 24.7 Å². The fourth-order valence-electron chi connectivity index (χ4n) is 5.69. The van der Waals surface area contributed by atoms with Crippen molar-refractivity contribution in [2.45, 2.75) is 38.5 Å². The molecule has 2 saturated heterocycles. The molecule has 6 rings (SSSR count). The Morgan fingerprint density at radius 2 is 1.53 bits per heavy atom. The van der Waals surface area contributed by atoms with Gasteiger partial charge in [0.05, 0.1) is 5.69 Å². The van der Waals surface area contributed by atoms with Crippen LogP contribution >= 0.6 is 0 Å². The number of hydrogen-bond donors (Lipinski definition) is 0. The zero-order valence-corrected chi connectivity index (χ0v) is 20.7. The van der Waals surface area contributed by atoms with Crippen LogP contribution in [0.1, 0.15) is 46.6 Å². The average molecular weight is 484 g/mol. The van der Waals surface area contributed by atoms with Gasteiger partial charge in [-0.2, -0.15) is 5.10 Å². The van der Waals surface area contributed by atoms with Crippen LogP contribution in [0.4, 0.5) is 11.6 Å². The minimum atomic E-state index is -0.0460. The number of nitrogens with zero attached hydrogens (tertiary/aromatic N) is 7. The number of anilines is 2. The van der Waals surface area contributed by atoms with E-state index in [1.807, 2.05) is 17.0 Å². The predicted octanol–water partition coefficient (Wildman–Crippen LogP) is 3.18. The van der Waals surface area contributed by atoms with Crippen molar-refractivity contribution in [3.8, 4) is 0 Å². The van der Waals surface area contributed by atoms with Gasteiger partial charge in [-0.3, -0.25) is 4.79 Å². The van der Waals surface area contributed by atoms with Crippen molar-refractivity contribution in [2.75, 3.05) is 49.1 Å². The zero-order chi connectivity index (χ0) is 24.3. The number of benzene rings is 1. The van der Waals surface area contributed by atoms with Crippen LogP contribution in [0.2, 0.25) is 0 Å². The van der Waals surface area contributed by atoms with E-state index in [2.05, 4.69) is 66.6 Å². The molecule has 1 aliphatic carbocycles. The monoisotopic (exact) mass is 483 g/mol. The molecule has 0 unspecified atom stereocenters. The van der Waals surface area contributed by atoms with Crippen molar-refractivity contribution in [3.63, 3.8) is 0 Å². The second-order valence-corrected chi connectivity index (χ2v) is 10.2. The molecule has 8 nitrogen and oxygen atoms in total. The number of piperidine rings is 1. The van der Waals surface area contributed by atoms with Crippen LogP contribution in [0.25, 0.3) is 0 Å². The van der Waals surface area contributed by atoms with Crippen LogP contribution < -0.4 is 9.80 Å². The molecule has 0 bridgehead atoms. The lowest BCUT2D eigenvalue weighted by atomic mass is 9.90. The molecule has 2 aromatic heterocycles. The summed E-state index contributed by atoms with van der Waals surface area (Å²) in [7, 11) is 0. The fraction of sp³-hybridized carbons (Fsp3) is 0.464. The highest BCUT2D eigenvalue weighted by Crippen LogP contribution is 2.25. The minimum absolute atomic E-state index is 0.0460. The highest BCUT2D eigenvalue weighted by atomic mass is 16.2. The standard InChI is InChI=1S/C28H33N7O/c36-28(35-17-15-34(16-18-35)27-20-23-7-4-8-24(23)29-32-27)25-9-10-26(31-30-25)33-13-11-22(12-14-33)19-21-5-2-1-3-6-21/h1-3,5-6,9-10,20,22H,4,7-8,11-19H2. The van der Waals surface area contributed by atoms with E-state index in [1.165, 1.54) is 17.5 Å². The second kappa shape index (κ2) is 10.2. The van der Waals surface area contributed by atoms with Gasteiger partial charge in [0.15, 0.2) is 17.3 Å². The molecule has 3 aliphatic rings. The lowest BCUT2D eigenvalue weighted by Gasteiger charge is -2.35. The number of amides is 1. The van der Waals surface area contributed by atoms with Crippen LogP contribution in [0.5, 0.6) is 0 Å². The number of carbonyl (C=O) groups is 1. The zero-order valence-electron chi connectivity index (χ0n) is 20.7. The largest absolute Gasteiger partial charge is 0.355 e. The number of aryl methyl sites for hydroxylation is 2. The first-order valence-electron chi connectivity index (χ1n) is 13.3. The van der Waals surface area contributed by atoms with Crippen LogP contribution in [-0.2, 0) is 19.3 Å². The normalized spacial score (nSPS) is 18.4. The summed E-state index contributed by atoms with van der Waals surface area (Å²) in [6, 6.07) is 16.7. The van der Waals surface area contributed by atoms with Gasteiger partial charge in [0.1, 0.15) is 0 Å². The summed E-state index contributed by atoms with van der Waals surface area (Å²) in [6.45, 7) is 4.76. The number of fused-ring (bicyclic) bond motifs is 1. The van der Waals surface area contributed by atoms with Crippen molar-refractivity contribution >= 4 is 17.5 Å². The van der Waals surface area contributed by atoms with Gasteiger partial charge in [0, 0.05) is 39.3 Å². The third-order valence-corrected chi connectivity index (χ3v) is 7.87. The number of aromatic nitrogens is 4. The molecular formula is C28H33N7O. The third kappa shape index (κ3) is 4.90. The maximum atomic E-state index is 13.1. The van der Waals surface area contributed by atoms with E-state index in [-0.39, 0.29) is 5.91 Å². The molecule has 4 heterocycles. The van der Waals surface area contributed by atoms with Gasteiger partial charge in [0.2, 0.25) is 0 Å². The molecule has 0 atom stereocenters. The Balaban J connectivity index is 1.00. The highest BCUT2D eigenvalue weighted by Gasteiger charge is 2.26. The van der Waals surface area contributed by atoms with Crippen molar-refractivity contribution in [1.29, 1.82) is 0 Å². The first-order valence-corrected chi connectivity index (χ1v) is 13.3. The summed E-state index contributed by atoms with van der Waals surface area (Å²) < 4.78 is 0. The van der Waals surface area contributed by atoms with E-state index < -0.39 is 0 Å². The first kappa shape index (κ1) is 22.9. The van der Waals surface area contributed by atoms with Crippen molar-refractivity contribution < 1.29 is 4.79 Å². The summed E-state index contributed by atoms with van der Waals surface area (Å²) in [5, 5.41) is 17.6. The summed E-state index contributed by atoms with van der Waals surface area (Å²) in [6.07, 6.45) is 6.74. The molecule has 2 aliphatic heterocycles. The smallest absolute Gasteiger partial charge is 0.274 e. The molecule has 0 saturated carbocycles. The summed E-state index contributed by atoms with van der Waals surface area (Å²) in [4.78, 5) is 19.5. The molecule has 8 heteroatoms. The molecule has 186 valence electrons. The van der Waals surface area contributed by atoms with E-state index in [0.717, 1.165) is 75.6 Å². The minimum Gasteiger partial charge on any atom is -0.355 e. The Morgan fingerprint density at radius 3 is 2.28 bits per heavy atom. The highest BCUT2D eigenvalue weighted by molar-refractivity contribution is 5.92. The Morgan fingerprint density at radius 1 is 0.778 bits per heavy atom. The summed E-state index contributed by atoms with van der Waals surface area (Å²) in [5.74, 6) is 2.46. The topological polar surface area (TPSA) is 78.4 Å². The predicted molar refractivity (Wildman–Crippen MR) is 139 cm³/mol. The molecule has 1 aromatic carbocycles. The van der Waals surface area contributed by atoms with Crippen molar-refractivity contribution in [1.82, 2.24) is 25.3 Å². The first-order chi connectivity index (χ1) is 17.7. The number of hydrogen-bond acceptors (Lipinski definition) is 7. The Hall–Kier alpha value is -3.55. The Bertz CT molecular complexity index is 1180. The molecule has 1 amide bonds. The summed E-state index contributed by atoms with van der Waals surface area (Å²) in [5.41, 5.74) is 4.31. The van der Waals surface area contributed by atoms with Crippen LogP contribution in [0.15, 0.2) is 48.5 Å². The molecular weight excluding hydrogens is 450 g/mol. The van der Waals surface area contributed by atoms with Crippen LogP contribution in [0, 0.1) is 5.92 Å². The fourth-order valence-corrected chi connectivity index (χ4v) is 5.69. The van der Waals surface area contributed by atoms with E-state index >= 15 is 0 Å². The summed E-state index contributed by atoms with van der Waals surface area (Å²) >= 11 is 0. The van der Waals surface area contributed by atoms with Gasteiger partial charge in [-0.1, -0.05) is 30.3 Å². The molecule has 3 aromatic rings. The number of carbonyl (C=O) groups excluding carboxylic acids is 1. The maximum absolute atomic E-state index is 13.1. The molecule has 0 N–H and O–H groups in total. The lowest BCUT2D eigenvalue weighted by Crippen LogP contribution is -2.49. The lowest BCUT2D eigenvalue weighted by molar-refractivity contribution is 0.0739. The molecule has 36 heavy (non-hydrogen) atoms. The van der Waals surface area contributed by atoms with Crippen molar-refractivity contribution in [3.05, 3.63) is 71.0 Å². The maximum Gasteiger partial charge on any atom is 0.274 e. The Labute approximate surface area is 212 Å². The van der Waals surface area contributed by atoms with Gasteiger partial charge >= 0.3 is 0 Å². The molecule has 0 spiro atoms. The van der Waals surface area contributed by atoms with Gasteiger partial charge in [-0.15, -0.1) is 15.3 Å². The third-order valence-electron chi connectivity index (χ3n) is 7.87. The average Bonchev–Trinajstić information content (AvgIpc) is 3.42. The van der Waals surface area contributed by atoms with Gasteiger partial charge in [0.25, 0.3) is 5.91 Å². The van der Waals surface area contributed by atoms with Crippen LogP contribution in [-0.4, -0.2) is 70.5 Å². The van der Waals surface area contributed by atoms with Gasteiger partial charge < -0.3 is 14.7 Å². The van der Waals surface area contributed by atoms with E-state index in [9.17, 15) is 4.79 Å². The van der Waals surface area contributed by atoms with Crippen molar-refractivity contribution in [2.24, 2.45) is 5.92 Å². The van der Waals surface area contributed by atoms with E-state index in [4.69, 9.17) is 0 Å². The van der Waals surface area contributed by atoms with Gasteiger partial charge in [-0.25, -0.2) is 0 Å². The SMILES string of the molecule is O=C(c1ccc(N2CCC(Cc3ccccc3)CC2)nn1)N1CCN(c2cc3c(nn2)CCC3)CC1. The van der Waals surface area contributed by atoms with Crippen LogP contribution in [0.3, 0.4) is 0 Å². The number of rotatable bonds is 5. The van der Waals surface area contributed by atoms with E-state index in [1.54, 1.807) is 0 Å². The van der Waals surface area contributed by atoms with Gasteiger partial charge in [-0.05, 0) is 73.8 Å². The number of piperazine rings is 1. The Kier molecular flexibility index (Phi) is 6.49. The molecule has 2 fully saturated rings. The molecule has 0 radical (unpaired) electrons. The second-order valence-electron chi connectivity index (χ2n) is 10.2. The quantitative estimate of drug-likeness (QED) is 0.552.